The second kappa shape index (κ2) is 6.09. The van der Waals surface area contributed by atoms with Crippen molar-refractivity contribution in [2.24, 2.45) is 5.92 Å². The lowest BCUT2D eigenvalue weighted by Crippen LogP contribution is -2.06. The smallest absolute Gasteiger partial charge is 0.0851 e. The first-order valence-electron chi connectivity index (χ1n) is 3.70. The Bertz CT molecular complexity index is 52.5. The van der Waals surface area contributed by atoms with Gasteiger partial charge >= 0.3 is 0 Å². The average Bonchev–Trinajstić information content (AvgIpc) is 1.89. The summed E-state index contributed by atoms with van der Waals surface area (Å²) in [5.41, 5.74) is 0. The van der Waals surface area contributed by atoms with E-state index in [4.69, 9.17) is 7.05 Å². The molecular formula is C8H16N. The van der Waals surface area contributed by atoms with Gasteiger partial charge in [0.05, 0.1) is 7.05 Å². The van der Waals surface area contributed by atoms with E-state index in [2.05, 4.69) is 19.2 Å². The minimum absolute atomic E-state index is 0.832. The molecule has 0 heterocycles. The van der Waals surface area contributed by atoms with Crippen LogP contribution in [0.4, 0.5) is 0 Å². The van der Waals surface area contributed by atoms with E-state index in [1.54, 1.807) is 0 Å². The molecule has 0 aliphatic carbocycles. The van der Waals surface area contributed by atoms with Gasteiger partial charge in [0, 0.05) is 0 Å². The van der Waals surface area contributed by atoms with Gasteiger partial charge in [0.1, 0.15) is 0 Å². The summed E-state index contributed by atoms with van der Waals surface area (Å²) in [6.07, 6.45) is 3.65. The average molecular weight is 126 g/mol. The quantitative estimate of drug-likeness (QED) is 0.555. The normalized spacial score (nSPS) is 13.7. The SMILES string of the molecule is [C]NCCCC(C)CC. The highest BCUT2D eigenvalue weighted by molar-refractivity contribution is 4.51. The van der Waals surface area contributed by atoms with Crippen molar-refractivity contribution < 1.29 is 0 Å². The molecule has 0 aromatic carbocycles. The lowest BCUT2D eigenvalue weighted by molar-refractivity contribution is 0.491. The molecule has 0 amide bonds. The summed E-state index contributed by atoms with van der Waals surface area (Å²) in [5.74, 6) is 0.832. The Morgan fingerprint density at radius 2 is 2.22 bits per heavy atom. The van der Waals surface area contributed by atoms with Crippen LogP contribution in [0.5, 0.6) is 0 Å². The summed E-state index contributed by atoms with van der Waals surface area (Å²) < 4.78 is 0. The molecule has 1 atom stereocenters. The van der Waals surface area contributed by atoms with Crippen molar-refractivity contribution in [3.63, 3.8) is 0 Å². The second-order valence-electron chi connectivity index (χ2n) is 2.58. The number of hydrogen-bond acceptors (Lipinski definition) is 1. The predicted octanol–water partition coefficient (Wildman–Crippen LogP) is 1.95. The summed E-state index contributed by atoms with van der Waals surface area (Å²) in [4.78, 5) is 0. The minimum Gasteiger partial charge on any atom is -0.306 e. The van der Waals surface area contributed by atoms with Crippen LogP contribution in [-0.2, 0) is 0 Å². The van der Waals surface area contributed by atoms with Gasteiger partial charge in [-0.15, -0.1) is 0 Å². The van der Waals surface area contributed by atoms with E-state index in [0.717, 1.165) is 18.9 Å². The summed E-state index contributed by atoms with van der Waals surface area (Å²) in [5, 5.41) is 2.40. The molecule has 0 aliphatic rings. The molecule has 0 bridgehead atoms. The Balaban J connectivity index is 2.88. The van der Waals surface area contributed by atoms with Crippen LogP contribution in [0.1, 0.15) is 33.1 Å². The molecule has 0 aromatic heterocycles. The van der Waals surface area contributed by atoms with Crippen LogP contribution >= 0.6 is 0 Å². The van der Waals surface area contributed by atoms with Gasteiger partial charge in [-0.25, -0.2) is 0 Å². The third-order valence-corrected chi connectivity index (χ3v) is 1.70. The molecule has 0 aliphatic heterocycles. The lowest BCUT2D eigenvalue weighted by Gasteiger charge is -2.05. The maximum absolute atomic E-state index is 6.65. The van der Waals surface area contributed by atoms with E-state index in [0.29, 0.717) is 0 Å². The first kappa shape index (κ1) is 8.96. The molecule has 1 heteroatoms. The maximum atomic E-state index is 6.65. The van der Waals surface area contributed by atoms with Gasteiger partial charge in [-0.1, -0.05) is 20.3 Å². The third-order valence-electron chi connectivity index (χ3n) is 1.70. The van der Waals surface area contributed by atoms with Crippen LogP contribution in [0.25, 0.3) is 0 Å². The van der Waals surface area contributed by atoms with Crippen molar-refractivity contribution in [3.8, 4) is 0 Å². The maximum Gasteiger partial charge on any atom is 0.0851 e. The number of hydrogen-bond donors (Lipinski definition) is 1. The standard InChI is InChI=1S/C8H16N/c1-4-8(2)6-5-7-9-3/h8-9H,4-7H2,1-2H3. The molecule has 0 fully saturated rings. The van der Waals surface area contributed by atoms with Crippen molar-refractivity contribution in [2.75, 3.05) is 6.54 Å². The lowest BCUT2D eigenvalue weighted by atomic mass is 10.0. The zero-order valence-corrected chi connectivity index (χ0v) is 6.41. The highest BCUT2D eigenvalue weighted by Crippen LogP contribution is 2.07. The molecule has 0 saturated heterocycles. The Morgan fingerprint density at radius 1 is 1.56 bits per heavy atom. The summed E-state index contributed by atoms with van der Waals surface area (Å²) in [6, 6.07) is 0. The van der Waals surface area contributed by atoms with E-state index >= 15 is 0 Å². The molecule has 1 unspecified atom stereocenters. The first-order valence-corrected chi connectivity index (χ1v) is 3.70. The van der Waals surface area contributed by atoms with Crippen molar-refractivity contribution in [1.82, 2.24) is 5.32 Å². The second-order valence-corrected chi connectivity index (χ2v) is 2.58. The molecule has 53 valence electrons. The first-order chi connectivity index (χ1) is 4.31. The molecule has 3 radical (unpaired) electrons. The third kappa shape index (κ3) is 5.84. The molecule has 1 nitrogen and oxygen atoms in total. The van der Waals surface area contributed by atoms with Gasteiger partial charge in [-0.2, -0.15) is 0 Å². The Hall–Kier alpha value is -0.0400. The summed E-state index contributed by atoms with van der Waals surface area (Å²) >= 11 is 0. The van der Waals surface area contributed by atoms with Gasteiger partial charge in [0.2, 0.25) is 0 Å². The fraction of sp³-hybridized carbons (Fsp3) is 0.875. The van der Waals surface area contributed by atoms with E-state index in [1.165, 1.54) is 12.8 Å². The predicted molar refractivity (Wildman–Crippen MR) is 39.9 cm³/mol. The minimum atomic E-state index is 0.832. The monoisotopic (exact) mass is 126 g/mol. The van der Waals surface area contributed by atoms with E-state index < -0.39 is 0 Å². The highest BCUT2D eigenvalue weighted by Gasteiger charge is 1.95. The van der Waals surface area contributed by atoms with Gasteiger partial charge < -0.3 is 5.32 Å². The van der Waals surface area contributed by atoms with Crippen molar-refractivity contribution in [1.29, 1.82) is 0 Å². The Morgan fingerprint density at radius 3 is 2.67 bits per heavy atom. The Labute approximate surface area is 58.8 Å². The van der Waals surface area contributed by atoms with Crippen molar-refractivity contribution in [3.05, 3.63) is 7.05 Å². The van der Waals surface area contributed by atoms with Crippen LogP contribution in [0.15, 0.2) is 0 Å². The molecule has 0 aromatic rings. The van der Waals surface area contributed by atoms with Crippen LogP contribution in [0.3, 0.4) is 0 Å². The van der Waals surface area contributed by atoms with Gasteiger partial charge in [-0.3, -0.25) is 0 Å². The van der Waals surface area contributed by atoms with E-state index in [9.17, 15) is 0 Å². The fourth-order valence-corrected chi connectivity index (χ4v) is 0.743. The van der Waals surface area contributed by atoms with Gasteiger partial charge in [0.25, 0.3) is 0 Å². The molecule has 0 rings (SSSR count). The molecule has 9 heavy (non-hydrogen) atoms. The van der Waals surface area contributed by atoms with Gasteiger partial charge in [-0.05, 0) is 25.3 Å². The number of rotatable bonds is 5. The fourth-order valence-electron chi connectivity index (χ4n) is 0.743. The molecule has 0 saturated carbocycles. The highest BCUT2D eigenvalue weighted by atomic mass is 14.8. The molecule has 1 N–H and O–H groups in total. The topological polar surface area (TPSA) is 12.0 Å². The zero-order valence-electron chi connectivity index (χ0n) is 6.41. The molecule has 0 spiro atoms. The Kier molecular flexibility index (Phi) is 6.06. The van der Waals surface area contributed by atoms with E-state index in [1.807, 2.05) is 0 Å². The number of nitrogens with one attached hydrogen (secondary N) is 1. The van der Waals surface area contributed by atoms with Gasteiger partial charge in [0.15, 0.2) is 0 Å². The van der Waals surface area contributed by atoms with Crippen LogP contribution < -0.4 is 5.32 Å². The molecular weight excluding hydrogens is 110 g/mol. The van der Waals surface area contributed by atoms with E-state index in [-0.39, 0.29) is 0 Å². The summed E-state index contributed by atoms with van der Waals surface area (Å²) in [7, 11) is 6.65. The zero-order chi connectivity index (χ0) is 7.11. The van der Waals surface area contributed by atoms with Crippen LogP contribution in [0.2, 0.25) is 0 Å². The largest absolute Gasteiger partial charge is 0.306 e. The van der Waals surface area contributed by atoms with Crippen molar-refractivity contribution in [2.45, 2.75) is 33.1 Å². The van der Waals surface area contributed by atoms with Crippen molar-refractivity contribution >= 4 is 0 Å². The van der Waals surface area contributed by atoms with Crippen LogP contribution in [0, 0.1) is 13.0 Å². The van der Waals surface area contributed by atoms with Crippen LogP contribution in [-0.4, -0.2) is 6.54 Å². The summed E-state index contributed by atoms with van der Waals surface area (Å²) in [6.45, 7) is 5.30.